The van der Waals surface area contributed by atoms with Gasteiger partial charge >= 0.3 is 5.97 Å². The van der Waals surface area contributed by atoms with Crippen molar-refractivity contribution in [3.63, 3.8) is 0 Å². The van der Waals surface area contributed by atoms with Gasteiger partial charge in [-0.05, 0) is 38.0 Å². The topological polar surface area (TPSA) is 81.0 Å². The lowest BCUT2D eigenvalue weighted by Crippen LogP contribution is -2.33. The van der Waals surface area contributed by atoms with Crippen molar-refractivity contribution < 1.29 is 19.1 Å². The summed E-state index contributed by atoms with van der Waals surface area (Å²) in [6.45, 7) is 3.58. The second-order valence-corrected chi connectivity index (χ2v) is 9.61. The molecule has 2 aromatic rings. The number of aromatic nitrogens is 1. The summed E-state index contributed by atoms with van der Waals surface area (Å²) >= 11 is 8.65. The standard InChI is InChI=1S/C21H26ClN3O4S2/c1-2-29-20(28)12-25-16-8-7-15(22)11-17(16)31-21(25)23-18(26)13-30-14-19(27)24-9-5-3-4-6-10-24/h7-8,11H,2-6,9-10,12-14H2,1H3. The molecule has 3 rings (SSSR count). The number of nitrogens with zero attached hydrogens (tertiary/aromatic N) is 3. The summed E-state index contributed by atoms with van der Waals surface area (Å²) < 4.78 is 7.54. The average molecular weight is 484 g/mol. The molecule has 0 N–H and O–H groups in total. The van der Waals surface area contributed by atoms with E-state index in [4.69, 9.17) is 16.3 Å². The van der Waals surface area contributed by atoms with Gasteiger partial charge in [-0.3, -0.25) is 14.4 Å². The van der Waals surface area contributed by atoms with Gasteiger partial charge in [0.25, 0.3) is 5.91 Å². The highest BCUT2D eigenvalue weighted by molar-refractivity contribution is 8.00. The Morgan fingerprint density at radius 3 is 2.61 bits per heavy atom. The van der Waals surface area contributed by atoms with Gasteiger partial charge in [-0.1, -0.05) is 35.8 Å². The van der Waals surface area contributed by atoms with Crippen molar-refractivity contribution in [1.82, 2.24) is 9.47 Å². The van der Waals surface area contributed by atoms with Gasteiger partial charge < -0.3 is 14.2 Å². The summed E-state index contributed by atoms with van der Waals surface area (Å²) in [4.78, 5) is 43.4. The van der Waals surface area contributed by atoms with Gasteiger partial charge in [0, 0.05) is 18.1 Å². The van der Waals surface area contributed by atoms with Crippen molar-refractivity contribution >= 4 is 62.7 Å². The van der Waals surface area contributed by atoms with Crippen molar-refractivity contribution in [3.05, 3.63) is 28.0 Å². The molecule has 1 saturated heterocycles. The number of thiazole rings is 1. The summed E-state index contributed by atoms with van der Waals surface area (Å²) in [6.07, 6.45) is 4.42. The molecule has 0 radical (unpaired) electrons. The van der Waals surface area contributed by atoms with E-state index < -0.39 is 5.97 Å². The number of hydrogen-bond acceptors (Lipinski definition) is 6. The van der Waals surface area contributed by atoms with Gasteiger partial charge in [0.15, 0.2) is 4.80 Å². The number of benzene rings is 1. The molecule has 0 saturated carbocycles. The zero-order valence-corrected chi connectivity index (χ0v) is 19.9. The highest BCUT2D eigenvalue weighted by atomic mass is 35.5. The van der Waals surface area contributed by atoms with Crippen molar-refractivity contribution in [3.8, 4) is 0 Å². The quantitative estimate of drug-likeness (QED) is 0.563. The molecule has 2 heterocycles. The lowest BCUT2D eigenvalue weighted by atomic mass is 10.2. The maximum atomic E-state index is 12.5. The van der Waals surface area contributed by atoms with Crippen LogP contribution in [0, 0.1) is 0 Å². The Balaban J connectivity index is 1.69. The minimum atomic E-state index is -0.400. The zero-order chi connectivity index (χ0) is 22.2. The van der Waals surface area contributed by atoms with Crippen molar-refractivity contribution in [2.24, 2.45) is 4.99 Å². The molecule has 1 aliphatic heterocycles. The molecule has 0 atom stereocenters. The van der Waals surface area contributed by atoms with Crippen LogP contribution in [0.2, 0.25) is 5.02 Å². The summed E-state index contributed by atoms with van der Waals surface area (Å²) in [5.74, 6) is -0.291. The summed E-state index contributed by atoms with van der Waals surface area (Å²) in [7, 11) is 0. The second-order valence-electron chi connectivity index (χ2n) is 7.18. The first-order chi connectivity index (χ1) is 15.0. The van der Waals surface area contributed by atoms with Crippen LogP contribution in [0.25, 0.3) is 10.2 Å². The third kappa shape index (κ3) is 6.82. The number of thioether (sulfide) groups is 1. The van der Waals surface area contributed by atoms with E-state index in [1.165, 1.54) is 35.9 Å². The number of rotatable bonds is 7. The highest BCUT2D eigenvalue weighted by Crippen LogP contribution is 2.22. The van der Waals surface area contributed by atoms with E-state index in [0.717, 1.165) is 36.1 Å². The number of fused-ring (bicyclic) bond motifs is 1. The smallest absolute Gasteiger partial charge is 0.326 e. The third-order valence-corrected chi connectivity index (χ3v) is 7.05. The number of ether oxygens (including phenoxy) is 1. The lowest BCUT2D eigenvalue weighted by Gasteiger charge is -2.19. The van der Waals surface area contributed by atoms with E-state index in [9.17, 15) is 14.4 Å². The van der Waals surface area contributed by atoms with E-state index in [0.29, 0.717) is 9.82 Å². The van der Waals surface area contributed by atoms with E-state index >= 15 is 0 Å². The first kappa shape index (κ1) is 23.8. The van der Waals surface area contributed by atoms with Crippen molar-refractivity contribution in [2.75, 3.05) is 31.2 Å². The largest absolute Gasteiger partial charge is 0.465 e. The average Bonchev–Trinajstić information content (AvgIpc) is 2.90. The number of carbonyl (C=O) groups is 3. The van der Waals surface area contributed by atoms with Gasteiger partial charge in [0.1, 0.15) is 6.54 Å². The fourth-order valence-electron chi connectivity index (χ4n) is 3.40. The van der Waals surface area contributed by atoms with Crippen LogP contribution < -0.4 is 4.80 Å². The summed E-state index contributed by atoms with van der Waals surface area (Å²) in [6, 6.07) is 5.31. The normalized spacial score (nSPS) is 15.2. The zero-order valence-electron chi connectivity index (χ0n) is 17.5. The van der Waals surface area contributed by atoms with Crippen LogP contribution in [0.5, 0.6) is 0 Å². The number of esters is 1. The van der Waals surface area contributed by atoms with Crippen LogP contribution in [0.4, 0.5) is 0 Å². The molecular weight excluding hydrogens is 458 g/mol. The number of likely N-dealkylation sites (tertiary alicyclic amines) is 1. The Hall–Kier alpha value is -1.84. The molecule has 10 heteroatoms. The molecule has 1 aromatic heterocycles. The summed E-state index contributed by atoms with van der Waals surface area (Å²) in [5, 5.41) is 0.567. The van der Waals surface area contributed by atoms with Crippen molar-refractivity contribution in [2.45, 2.75) is 39.2 Å². The second kappa shape index (κ2) is 11.7. The highest BCUT2D eigenvalue weighted by Gasteiger charge is 2.16. The van der Waals surface area contributed by atoms with E-state index in [1.807, 2.05) is 4.90 Å². The molecule has 31 heavy (non-hydrogen) atoms. The predicted octanol–water partition coefficient (Wildman–Crippen LogP) is 3.48. The van der Waals surface area contributed by atoms with E-state index in [-0.39, 0.29) is 36.5 Å². The van der Waals surface area contributed by atoms with Crippen LogP contribution in [-0.4, -0.2) is 58.5 Å². The van der Waals surface area contributed by atoms with Gasteiger partial charge in [0.05, 0.1) is 28.3 Å². The molecule has 1 aromatic carbocycles. The number of amides is 2. The Morgan fingerprint density at radius 2 is 1.90 bits per heavy atom. The van der Waals surface area contributed by atoms with Crippen LogP contribution in [0.1, 0.15) is 32.6 Å². The Bertz CT molecular complexity index is 1010. The van der Waals surface area contributed by atoms with E-state index in [2.05, 4.69) is 4.99 Å². The Labute approximate surface area is 194 Å². The van der Waals surface area contributed by atoms with Crippen LogP contribution in [-0.2, 0) is 25.7 Å². The van der Waals surface area contributed by atoms with Crippen LogP contribution >= 0.6 is 34.7 Å². The molecule has 1 aliphatic rings. The number of hydrogen-bond donors (Lipinski definition) is 0. The van der Waals surface area contributed by atoms with Crippen LogP contribution in [0.15, 0.2) is 23.2 Å². The molecule has 2 amide bonds. The lowest BCUT2D eigenvalue weighted by molar-refractivity contribution is -0.143. The molecule has 0 aliphatic carbocycles. The fourth-order valence-corrected chi connectivity index (χ4v) is 5.42. The molecule has 168 valence electrons. The summed E-state index contributed by atoms with van der Waals surface area (Å²) in [5.41, 5.74) is 0.762. The minimum absolute atomic E-state index is 0.0395. The maximum Gasteiger partial charge on any atom is 0.326 e. The van der Waals surface area contributed by atoms with Crippen LogP contribution in [0.3, 0.4) is 0 Å². The molecule has 7 nitrogen and oxygen atoms in total. The number of carbonyl (C=O) groups excluding carboxylic acids is 3. The minimum Gasteiger partial charge on any atom is -0.465 e. The van der Waals surface area contributed by atoms with Gasteiger partial charge in [-0.25, -0.2) is 0 Å². The monoisotopic (exact) mass is 483 g/mol. The predicted molar refractivity (Wildman–Crippen MR) is 124 cm³/mol. The first-order valence-electron chi connectivity index (χ1n) is 10.4. The third-order valence-electron chi connectivity index (χ3n) is 4.87. The Morgan fingerprint density at radius 1 is 1.16 bits per heavy atom. The molecule has 0 unspecified atom stereocenters. The van der Waals surface area contributed by atoms with Gasteiger partial charge in [0.2, 0.25) is 5.91 Å². The fraction of sp³-hybridized carbons (Fsp3) is 0.524. The number of halogens is 1. The molecule has 0 bridgehead atoms. The van der Waals surface area contributed by atoms with Gasteiger partial charge in [-0.2, -0.15) is 4.99 Å². The van der Waals surface area contributed by atoms with Gasteiger partial charge in [-0.15, -0.1) is 11.8 Å². The van der Waals surface area contributed by atoms with Crippen molar-refractivity contribution in [1.29, 1.82) is 0 Å². The first-order valence-corrected chi connectivity index (χ1v) is 12.7. The SMILES string of the molecule is CCOC(=O)Cn1c(=NC(=O)CSCC(=O)N2CCCCCC2)sc2cc(Cl)ccc21. The molecular formula is C21H26ClN3O4S2. The van der Waals surface area contributed by atoms with E-state index in [1.54, 1.807) is 29.7 Å². The molecule has 1 fully saturated rings. The Kier molecular flexibility index (Phi) is 8.98. The molecule has 0 spiro atoms. The maximum absolute atomic E-state index is 12.5.